The summed E-state index contributed by atoms with van der Waals surface area (Å²) in [5, 5.41) is 19.1. The molecule has 0 radical (unpaired) electrons. The SMILES string of the molecule is COCc1ccc(Cl)c(S(=O)(=O)NO)c1.COCc1ccc(Cl)c([N+](=O)[O-])c1. The first-order chi connectivity index (χ1) is 13.2. The molecule has 2 aromatic carbocycles. The minimum absolute atomic E-state index is 0.0383. The number of hydrogen-bond acceptors (Lipinski definition) is 7. The largest absolute Gasteiger partial charge is 0.380 e. The monoisotopic (exact) mass is 452 g/mol. The van der Waals surface area contributed by atoms with Crippen LogP contribution in [0, 0.1) is 10.1 Å². The van der Waals surface area contributed by atoms with E-state index in [1.165, 1.54) is 43.4 Å². The van der Waals surface area contributed by atoms with Gasteiger partial charge < -0.3 is 14.7 Å². The molecule has 0 aliphatic heterocycles. The van der Waals surface area contributed by atoms with Crippen LogP contribution in [0.5, 0.6) is 0 Å². The number of rotatable bonds is 7. The summed E-state index contributed by atoms with van der Waals surface area (Å²) < 4.78 is 32.3. The zero-order chi connectivity index (χ0) is 21.3. The molecule has 0 bridgehead atoms. The van der Waals surface area contributed by atoms with Gasteiger partial charge in [0.25, 0.3) is 15.7 Å². The van der Waals surface area contributed by atoms with Crippen LogP contribution < -0.4 is 4.89 Å². The molecular weight excluding hydrogens is 435 g/mol. The van der Waals surface area contributed by atoms with E-state index < -0.39 is 14.9 Å². The summed E-state index contributed by atoms with van der Waals surface area (Å²) in [7, 11) is -0.930. The first-order valence-corrected chi connectivity index (χ1v) is 9.75. The summed E-state index contributed by atoms with van der Waals surface area (Å²) >= 11 is 11.3. The van der Waals surface area contributed by atoms with Crippen LogP contribution >= 0.6 is 23.2 Å². The summed E-state index contributed by atoms with van der Waals surface area (Å²) in [5.41, 5.74) is 1.30. The predicted octanol–water partition coefficient (Wildman–Crippen LogP) is 3.55. The van der Waals surface area contributed by atoms with E-state index in [0.29, 0.717) is 12.2 Å². The molecule has 9 nitrogen and oxygen atoms in total. The minimum Gasteiger partial charge on any atom is -0.380 e. The number of nitro groups is 1. The van der Waals surface area contributed by atoms with Gasteiger partial charge in [0.1, 0.15) is 9.92 Å². The number of nitrogens with zero attached hydrogens (tertiary/aromatic N) is 1. The Morgan fingerprint density at radius 1 is 1.04 bits per heavy atom. The lowest BCUT2D eigenvalue weighted by molar-refractivity contribution is -0.384. The number of hydrogen-bond donors (Lipinski definition) is 2. The second-order valence-electron chi connectivity index (χ2n) is 5.27. The van der Waals surface area contributed by atoms with Crippen molar-refractivity contribution in [3.05, 3.63) is 67.7 Å². The summed E-state index contributed by atoms with van der Waals surface area (Å²) in [4.78, 5) is 11.0. The first kappa shape index (κ1) is 24.2. The lowest BCUT2D eigenvalue weighted by Gasteiger charge is -2.06. The number of methoxy groups -OCH3 is 2. The number of halogens is 2. The third kappa shape index (κ3) is 6.99. The molecule has 0 spiro atoms. The number of ether oxygens (including phenoxy) is 2. The molecule has 0 amide bonds. The second-order valence-corrected chi connectivity index (χ2v) is 7.71. The van der Waals surface area contributed by atoms with Crippen molar-refractivity contribution in [1.82, 2.24) is 4.89 Å². The highest BCUT2D eigenvalue weighted by Crippen LogP contribution is 2.25. The maximum absolute atomic E-state index is 11.3. The lowest BCUT2D eigenvalue weighted by atomic mass is 10.2. The Bertz CT molecular complexity index is 923. The van der Waals surface area contributed by atoms with E-state index in [0.717, 1.165) is 5.56 Å². The van der Waals surface area contributed by atoms with E-state index in [4.69, 9.17) is 37.9 Å². The zero-order valence-corrected chi connectivity index (χ0v) is 17.2. The van der Waals surface area contributed by atoms with Gasteiger partial charge in [-0.05, 0) is 29.3 Å². The smallest absolute Gasteiger partial charge is 0.288 e. The summed E-state index contributed by atoms with van der Waals surface area (Å²) in [6.45, 7) is 0.614. The summed E-state index contributed by atoms with van der Waals surface area (Å²) in [5.74, 6) is 0. The molecule has 2 rings (SSSR count). The van der Waals surface area contributed by atoms with Gasteiger partial charge in [0.2, 0.25) is 0 Å². The molecule has 0 atom stereocenters. The number of nitrogens with one attached hydrogen (secondary N) is 1. The fourth-order valence-electron chi connectivity index (χ4n) is 2.01. The van der Waals surface area contributed by atoms with E-state index >= 15 is 0 Å². The molecule has 154 valence electrons. The highest BCUT2D eigenvalue weighted by atomic mass is 35.5. The Balaban J connectivity index is 0.000000283. The average Bonchev–Trinajstić information content (AvgIpc) is 2.65. The van der Waals surface area contributed by atoms with Crippen LogP contribution in [-0.2, 0) is 32.7 Å². The Hall–Kier alpha value is -1.79. The quantitative estimate of drug-likeness (QED) is 0.485. The van der Waals surface area contributed by atoms with E-state index in [9.17, 15) is 18.5 Å². The summed E-state index contributed by atoms with van der Waals surface area (Å²) in [6.07, 6.45) is 0. The van der Waals surface area contributed by atoms with Crippen molar-refractivity contribution >= 4 is 38.9 Å². The average molecular weight is 453 g/mol. The normalized spacial score (nSPS) is 10.9. The van der Waals surface area contributed by atoms with Crippen LogP contribution in [0.15, 0.2) is 41.3 Å². The topological polar surface area (TPSA) is 128 Å². The van der Waals surface area contributed by atoms with Crippen molar-refractivity contribution < 1.29 is 28.0 Å². The fraction of sp³-hybridized carbons (Fsp3) is 0.250. The molecular formula is C16H18Cl2N2O7S. The maximum atomic E-state index is 11.3. The minimum atomic E-state index is -3.95. The van der Waals surface area contributed by atoms with Gasteiger partial charge >= 0.3 is 0 Å². The van der Waals surface area contributed by atoms with Crippen molar-refractivity contribution in [3.63, 3.8) is 0 Å². The summed E-state index contributed by atoms with van der Waals surface area (Å²) in [6, 6.07) is 9.01. The van der Waals surface area contributed by atoms with E-state index in [1.54, 1.807) is 12.1 Å². The van der Waals surface area contributed by atoms with Gasteiger partial charge in [-0.2, -0.15) is 0 Å². The predicted molar refractivity (Wildman–Crippen MR) is 103 cm³/mol. The molecule has 12 heteroatoms. The van der Waals surface area contributed by atoms with Crippen molar-refractivity contribution in [2.75, 3.05) is 14.2 Å². The van der Waals surface area contributed by atoms with Crippen LogP contribution in [-0.4, -0.2) is 32.8 Å². The van der Waals surface area contributed by atoms with Crippen LogP contribution in [0.3, 0.4) is 0 Å². The fourth-order valence-corrected chi connectivity index (χ4v) is 3.35. The van der Waals surface area contributed by atoms with Crippen molar-refractivity contribution in [1.29, 1.82) is 0 Å². The Kier molecular flexibility index (Phi) is 9.76. The molecule has 2 N–H and O–H groups in total. The molecule has 0 aliphatic carbocycles. The first-order valence-electron chi connectivity index (χ1n) is 7.51. The molecule has 0 heterocycles. The van der Waals surface area contributed by atoms with E-state index in [-0.39, 0.29) is 27.2 Å². The lowest BCUT2D eigenvalue weighted by Crippen LogP contribution is -2.19. The molecule has 0 unspecified atom stereocenters. The highest BCUT2D eigenvalue weighted by Gasteiger charge is 2.17. The van der Waals surface area contributed by atoms with Crippen LogP contribution in [0.4, 0.5) is 5.69 Å². The molecule has 28 heavy (non-hydrogen) atoms. The Morgan fingerprint density at radius 3 is 2.00 bits per heavy atom. The molecule has 2 aromatic rings. The van der Waals surface area contributed by atoms with Crippen LogP contribution in [0.2, 0.25) is 10.0 Å². The van der Waals surface area contributed by atoms with Crippen LogP contribution in [0.25, 0.3) is 0 Å². The highest BCUT2D eigenvalue weighted by molar-refractivity contribution is 7.89. The second kappa shape index (κ2) is 11.3. The van der Waals surface area contributed by atoms with E-state index in [1.807, 2.05) is 0 Å². The van der Waals surface area contributed by atoms with Gasteiger partial charge in [0.05, 0.1) is 23.2 Å². The van der Waals surface area contributed by atoms with Gasteiger partial charge in [0.15, 0.2) is 0 Å². The number of sulfonamides is 1. The van der Waals surface area contributed by atoms with Crippen molar-refractivity contribution in [2.45, 2.75) is 18.1 Å². The number of nitro benzene ring substituents is 1. The molecule has 0 aromatic heterocycles. The molecule has 0 fully saturated rings. The molecule has 0 aliphatic rings. The van der Waals surface area contributed by atoms with Gasteiger partial charge in [-0.25, -0.2) is 8.42 Å². The third-order valence-electron chi connectivity index (χ3n) is 3.23. The van der Waals surface area contributed by atoms with Gasteiger partial charge in [-0.1, -0.05) is 40.2 Å². The zero-order valence-electron chi connectivity index (χ0n) is 14.9. The Labute approximate surface area is 171 Å². The third-order valence-corrected chi connectivity index (χ3v) is 5.15. The maximum Gasteiger partial charge on any atom is 0.288 e. The molecule has 0 saturated heterocycles. The van der Waals surface area contributed by atoms with Crippen molar-refractivity contribution in [2.24, 2.45) is 0 Å². The van der Waals surface area contributed by atoms with Gasteiger partial charge in [-0.15, -0.1) is 0 Å². The van der Waals surface area contributed by atoms with Gasteiger partial charge in [0, 0.05) is 20.3 Å². The Morgan fingerprint density at radius 2 is 1.54 bits per heavy atom. The number of benzene rings is 2. The molecule has 0 saturated carbocycles. The van der Waals surface area contributed by atoms with E-state index in [2.05, 4.69) is 0 Å². The standard InChI is InChI=1S/C8H10ClNO4S.C8H8ClNO3/c1-14-5-6-2-3-7(9)8(4-6)15(12,13)10-11;1-13-5-6-2-3-7(9)8(4-6)10(11)12/h2-4,10-11H,5H2,1H3;2-4H,5H2,1H3. The van der Waals surface area contributed by atoms with Gasteiger partial charge in [-0.3, -0.25) is 10.1 Å². The van der Waals surface area contributed by atoms with Crippen LogP contribution in [0.1, 0.15) is 11.1 Å². The van der Waals surface area contributed by atoms with Crippen molar-refractivity contribution in [3.8, 4) is 0 Å².